The molecule has 1 unspecified atom stereocenters. The van der Waals surface area contributed by atoms with E-state index >= 15 is 0 Å². The highest BCUT2D eigenvalue weighted by atomic mass is 16.5. The fraction of sp³-hybridized carbons (Fsp3) is 0.385. The first kappa shape index (κ1) is 24.3. The van der Waals surface area contributed by atoms with Crippen LogP contribution in [0, 0.1) is 0 Å². The SMILES string of the molecule is CCCCOc1ccc(C2/C(=C(\O)c3cccc(OC)c3)C(=O)C(=O)N2CCN(C)C)cc1. The van der Waals surface area contributed by atoms with Gasteiger partial charge in [0.2, 0.25) is 0 Å². The zero-order chi connectivity index (χ0) is 24.0. The summed E-state index contributed by atoms with van der Waals surface area (Å²) in [6, 6.07) is 13.5. The molecular formula is C26H32N2O5. The Hall–Kier alpha value is -3.32. The Morgan fingerprint density at radius 2 is 1.82 bits per heavy atom. The van der Waals surface area contributed by atoms with Crippen molar-refractivity contribution in [2.45, 2.75) is 25.8 Å². The first-order chi connectivity index (χ1) is 15.9. The Morgan fingerprint density at radius 3 is 2.45 bits per heavy atom. The fourth-order valence-electron chi connectivity index (χ4n) is 3.77. The van der Waals surface area contributed by atoms with Crippen LogP contribution in [0.2, 0.25) is 0 Å². The Kier molecular flexibility index (Phi) is 8.11. The predicted octanol–water partition coefficient (Wildman–Crippen LogP) is 3.86. The second-order valence-electron chi connectivity index (χ2n) is 8.30. The highest BCUT2D eigenvalue weighted by molar-refractivity contribution is 6.46. The summed E-state index contributed by atoms with van der Waals surface area (Å²) in [4.78, 5) is 29.5. The summed E-state index contributed by atoms with van der Waals surface area (Å²) in [6.07, 6.45) is 2.01. The quantitative estimate of drug-likeness (QED) is 0.255. The summed E-state index contributed by atoms with van der Waals surface area (Å²) in [7, 11) is 5.35. The van der Waals surface area contributed by atoms with E-state index in [0.717, 1.165) is 24.2 Å². The van der Waals surface area contributed by atoms with Crippen LogP contribution < -0.4 is 9.47 Å². The van der Waals surface area contributed by atoms with Gasteiger partial charge < -0.3 is 24.4 Å². The molecule has 0 radical (unpaired) electrons. The summed E-state index contributed by atoms with van der Waals surface area (Å²) in [6.45, 7) is 3.67. The van der Waals surface area contributed by atoms with E-state index in [2.05, 4.69) is 6.92 Å². The molecule has 1 heterocycles. The molecule has 0 aliphatic carbocycles. The van der Waals surface area contributed by atoms with Gasteiger partial charge in [0.05, 0.1) is 25.3 Å². The smallest absolute Gasteiger partial charge is 0.295 e. The van der Waals surface area contributed by atoms with Crippen molar-refractivity contribution in [1.29, 1.82) is 0 Å². The molecule has 1 fully saturated rings. The van der Waals surface area contributed by atoms with Crippen LogP contribution in [0.15, 0.2) is 54.1 Å². The van der Waals surface area contributed by atoms with Crippen molar-refractivity contribution in [3.8, 4) is 11.5 Å². The van der Waals surface area contributed by atoms with Crippen molar-refractivity contribution in [1.82, 2.24) is 9.80 Å². The molecule has 176 valence electrons. The minimum Gasteiger partial charge on any atom is -0.507 e. The van der Waals surface area contributed by atoms with Gasteiger partial charge in [-0.15, -0.1) is 0 Å². The number of ether oxygens (including phenoxy) is 2. The molecule has 7 nitrogen and oxygen atoms in total. The molecule has 0 saturated carbocycles. The number of unbranched alkanes of at least 4 members (excludes halogenated alkanes) is 1. The molecule has 1 N–H and O–H groups in total. The van der Waals surface area contributed by atoms with Crippen LogP contribution in [0.5, 0.6) is 11.5 Å². The second-order valence-corrected chi connectivity index (χ2v) is 8.30. The van der Waals surface area contributed by atoms with Crippen LogP contribution in [0.1, 0.15) is 36.9 Å². The van der Waals surface area contributed by atoms with Gasteiger partial charge in [0, 0.05) is 18.7 Å². The number of amides is 1. The summed E-state index contributed by atoms with van der Waals surface area (Å²) in [5.41, 5.74) is 1.23. The van der Waals surface area contributed by atoms with Gasteiger partial charge in [0.25, 0.3) is 11.7 Å². The normalized spacial score (nSPS) is 17.6. The monoisotopic (exact) mass is 452 g/mol. The fourth-order valence-corrected chi connectivity index (χ4v) is 3.77. The maximum absolute atomic E-state index is 13.1. The molecule has 7 heteroatoms. The lowest BCUT2D eigenvalue weighted by Gasteiger charge is -2.26. The lowest BCUT2D eigenvalue weighted by atomic mass is 9.95. The van der Waals surface area contributed by atoms with Crippen molar-refractivity contribution in [3.63, 3.8) is 0 Å². The van der Waals surface area contributed by atoms with E-state index < -0.39 is 17.7 Å². The van der Waals surface area contributed by atoms with Gasteiger partial charge in [0.1, 0.15) is 17.3 Å². The minimum atomic E-state index is -0.694. The van der Waals surface area contributed by atoms with Crippen molar-refractivity contribution in [3.05, 3.63) is 65.2 Å². The average Bonchev–Trinajstić information content (AvgIpc) is 3.07. The van der Waals surface area contributed by atoms with E-state index in [1.165, 1.54) is 12.0 Å². The van der Waals surface area contributed by atoms with E-state index in [-0.39, 0.29) is 11.3 Å². The largest absolute Gasteiger partial charge is 0.507 e. The number of rotatable bonds is 10. The third-order valence-electron chi connectivity index (χ3n) is 5.63. The van der Waals surface area contributed by atoms with Crippen LogP contribution in [-0.4, -0.2) is 67.5 Å². The number of carbonyl (C=O) groups excluding carboxylic acids is 2. The van der Waals surface area contributed by atoms with E-state index in [0.29, 0.717) is 31.0 Å². The summed E-state index contributed by atoms with van der Waals surface area (Å²) in [5, 5.41) is 11.1. The molecule has 33 heavy (non-hydrogen) atoms. The molecule has 2 aromatic rings. The molecule has 0 spiro atoms. The third kappa shape index (κ3) is 5.54. The first-order valence-electron chi connectivity index (χ1n) is 11.2. The molecule has 3 rings (SSSR count). The Bertz CT molecular complexity index is 1010. The summed E-state index contributed by atoms with van der Waals surface area (Å²) < 4.78 is 11.0. The average molecular weight is 453 g/mol. The minimum absolute atomic E-state index is 0.0756. The Balaban J connectivity index is 2.04. The Morgan fingerprint density at radius 1 is 1.09 bits per heavy atom. The maximum Gasteiger partial charge on any atom is 0.295 e. The number of likely N-dealkylation sites (N-methyl/N-ethyl adjacent to an activating group) is 1. The van der Waals surface area contributed by atoms with Crippen molar-refractivity contribution in [2.75, 3.05) is 40.9 Å². The molecule has 1 aliphatic rings. The number of hydrogen-bond donors (Lipinski definition) is 1. The second kappa shape index (κ2) is 11.0. The van der Waals surface area contributed by atoms with Gasteiger partial charge in [0.15, 0.2) is 0 Å². The van der Waals surface area contributed by atoms with Crippen LogP contribution in [-0.2, 0) is 9.59 Å². The number of methoxy groups -OCH3 is 1. The molecule has 1 aliphatic heterocycles. The molecule has 2 aromatic carbocycles. The zero-order valence-electron chi connectivity index (χ0n) is 19.7. The van der Waals surface area contributed by atoms with E-state index in [1.54, 1.807) is 24.3 Å². The van der Waals surface area contributed by atoms with Crippen LogP contribution in [0.4, 0.5) is 0 Å². The van der Waals surface area contributed by atoms with Gasteiger partial charge in [-0.25, -0.2) is 0 Å². The first-order valence-corrected chi connectivity index (χ1v) is 11.2. The molecule has 0 bridgehead atoms. The van der Waals surface area contributed by atoms with E-state index in [1.807, 2.05) is 43.3 Å². The highest BCUT2D eigenvalue weighted by Crippen LogP contribution is 2.40. The van der Waals surface area contributed by atoms with E-state index in [4.69, 9.17) is 9.47 Å². The van der Waals surface area contributed by atoms with Gasteiger partial charge >= 0.3 is 0 Å². The van der Waals surface area contributed by atoms with Crippen molar-refractivity contribution < 1.29 is 24.2 Å². The number of benzene rings is 2. The lowest BCUT2D eigenvalue weighted by molar-refractivity contribution is -0.140. The maximum atomic E-state index is 13.1. The third-order valence-corrected chi connectivity index (χ3v) is 5.63. The van der Waals surface area contributed by atoms with Gasteiger partial charge in [-0.1, -0.05) is 37.6 Å². The number of carbonyl (C=O) groups is 2. The number of ketones is 1. The molecule has 0 aromatic heterocycles. The Labute approximate surface area is 195 Å². The number of Topliss-reactive ketones (excluding diaryl/α,β-unsaturated/α-hetero) is 1. The molecular weight excluding hydrogens is 420 g/mol. The van der Waals surface area contributed by atoms with Crippen molar-refractivity contribution >= 4 is 17.4 Å². The number of nitrogens with zero attached hydrogens (tertiary/aromatic N) is 2. The number of aliphatic hydroxyl groups excluding tert-OH is 1. The number of hydrogen-bond acceptors (Lipinski definition) is 6. The highest BCUT2D eigenvalue weighted by Gasteiger charge is 2.45. The van der Waals surface area contributed by atoms with Crippen LogP contribution in [0.3, 0.4) is 0 Å². The summed E-state index contributed by atoms with van der Waals surface area (Å²) >= 11 is 0. The van der Waals surface area contributed by atoms with Crippen LogP contribution in [0.25, 0.3) is 5.76 Å². The standard InChI is InChI=1S/C26H32N2O5/c1-5-6-16-33-20-12-10-18(11-13-20)23-22(24(29)19-8-7-9-21(17-19)32-4)25(30)26(31)28(23)15-14-27(2)3/h7-13,17,23,29H,5-6,14-16H2,1-4H3/b24-22+. The summed E-state index contributed by atoms with van der Waals surface area (Å²) in [5.74, 6) is -0.249. The van der Waals surface area contributed by atoms with Crippen molar-refractivity contribution in [2.24, 2.45) is 0 Å². The zero-order valence-corrected chi connectivity index (χ0v) is 19.7. The van der Waals surface area contributed by atoms with Gasteiger partial charge in [-0.2, -0.15) is 0 Å². The topological polar surface area (TPSA) is 79.3 Å². The predicted molar refractivity (Wildman–Crippen MR) is 127 cm³/mol. The molecule has 1 amide bonds. The molecule has 1 saturated heterocycles. The van der Waals surface area contributed by atoms with E-state index in [9.17, 15) is 14.7 Å². The number of aliphatic hydroxyl groups is 1. The van der Waals surface area contributed by atoms with Gasteiger partial charge in [-0.05, 0) is 50.3 Å². The number of likely N-dealkylation sites (tertiary alicyclic amines) is 1. The lowest BCUT2D eigenvalue weighted by Crippen LogP contribution is -2.35. The van der Waals surface area contributed by atoms with Crippen LogP contribution >= 0.6 is 0 Å². The molecule has 1 atom stereocenters. The van der Waals surface area contributed by atoms with Gasteiger partial charge in [-0.3, -0.25) is 9.59 Å².